The SMILES string of the molecule is C/C=C/c1ccc(OCCCn2c(CCCCCNC(=O)C3CC3)nc3ccccc32)c(OC)c1. The molecule has 1 aliphatic carbocycles. The lowest BCUT2D eigenvalue weighted by molar-refractivity contribution is -0.122. The first kappa shape index (κ1) is 24.8. The number of benzene rings is 2. The molecule has 1 heterocycles. The first-order valence-electron chi connectivity index (χ1n) is 12.8. The lowest BCUT2D eigenvalue weighted by Crippen LogP contribution is -2.25. The second-order valence-corrected chi connectivity index (χ2v) is 9.16. The van der Waals surface area contributed by atoms with Crippen molar-refractivity contribution in [1.82, 2.24) is 14.9 Å². The third-order valence-corrected chi connectivity index (χ3v) is 6.39. The van der Waals surface area contributed by atoms with Gasteiger partial charge in [-0.2, -0.15) is 0 Å². The molecule has 2 aromatic carbocycles. The number of carbonyl (C=O) groups is 1. The van der Waals surface area contributed by atoms with Gasteiger partial charge in [0.1, 0.15) is 5.82 Å². The van der Waals surface area contributed by atoms with Crippen molar-refractivity contribution in [3.05, 3.63) is 59.9 Å². The fraction of sp³-hybridized carbons (Fsp3) is 0.448. The molecule has 0 spiro atoms. The van der Waals surface area contributed by atoms with E-state index in [9.17, 15) is 4.79 Å². The van der Waals surface area contributed by atoms with Gasteiger partial charge in [-0.1, -0.05) is 36.8 Å². The van der Waals surface area contributed by atoms with Gasteiger partial charge in [-0.25, -0.2) is 4.98 Å². The van der Waals surface area contributed by atoms with Gasteiger partial charge in [0.2, 0.25) is 5.91 Å². The molecule has 0 saturated heterocycles. The van der Waals surface area contributed by atoms with E-state index in [1.54, 1.807) is 7.11 Å². The van der Waals surface area contributed by atoms with Crippen LogP contribution in [0.4, 0.5) is 0 Å². The van der Waals surface area contributed by atoms with Crippen LogP contribution in [-0.2, 0) is 17.8 Å². The zero-order valence-electron chi connectivity index (χ0n) is 21.0. The van der Waals surface area contributed by atoms with Crippen molar-refractivity contribution in [3.63, 3.8) is 0 Å². The van der Waals surface area contributed by atoms with Crippen molar-refractivity contribution < 1.29 is 14.3 Å². The Balaban J connectivity index is 1.28. The van der Waals surface area contributed by atoms with Gasteiger partial charge >= 0.3 is 0 Å². The molecule has 3 aromatic rings. The minimum absolute atomic E-state index is 0.236. The smallest absolute Gasteiger partial charge is 0.223 e. The van der Waals surface area contributed by atoms with Crippen LogP contribution in [0.5, 0.6) is 11.5 Å². The van der Waals surface area contributed by atoms with Crippen LogP contribution in [0.3, 0.4) is 0 Å². The molecule has 0 bridgehead atoms. The topological polar surface area (TPSA) is 65.4 Å². The third-order valence-electron chi connectivity index (χ3n) is 6.39. The van der Waals surface area contributed by atoms with Gasteiger partial charge in [0.05, 0.1) is 24.8 Å². The second-order valence-electron chi connectivity index (χ2n) is 9.16. The lowest BCUT2D eigenvalue weighted by Gasteiger charge is -2.13. The molecule has 4 rings (SSSR count). The van der Waals surface area contributed by atoms with E-state index in [-0.39, 0.29) is 11.8 Å². The molecule has 1 amide bonds. The standard InChI is InChI=1S/C29H37N3O3/c1-3-10-22-14-17-26(27(21-22)34-2)35-20-9-19-32-25-12-7-6-11-24(25)31-28(32)13-5-4-8-18-30-29(33)23-15-16-23/h3,6-7,10-12,14,17,21,23H,4-5,8-9,13,15-16,18-20H2,1-2H3,(H,30,33)/b10-3+. The molecule has 1 saturated carbocycles. The van der Waals surface area contributed by atoms with E-state index in [4.69, 9.17) is 14.5 Å². The highest BCUT2D eigenvalue weighted by molar-refractivity contribution is 5.80. The summed E-state index contributed by atoms with van der Waals surface area (Å²) in [7, 11) is 1.67. The summed E-state index contributed by atoms with van der Waals surface area (Å²) in [4.78, 5) is 16.7. The fourth-order valence-corrected chi connectivity index (χ4v) is 4.36. The summed E-state index contributed by atoms with van der Waals surface area (Å²) in [6.07, 6.45) is 11.1. The van der Waals surface area contributed by atoms with Crippen molar-refractivity contribution in [2.24, 2.45) is 5.92 Å². The van der Waals surface area contributed by atoms with E-state index in [1.165, 1.54) is 5.52 Å². The number of amides is 1. The fourth-order valence-electron chi connectivity index (χ4n) is 4.36. The maximum atomic E-state index is 11.8. The monoisotopic (exact) mass is 475 g/mol. The summed E-state index contributed by atoms with van der Waals surface area (Å²) in [5, 5.41) is 3.06. The molecule has 6 nitrogen and oxygen atoms in total. The van der Waals surface area contributed by atoms with E-state index >= 15 is 0 Å². The normalized spacial score (nSPS) is 13.4. The number of fused-ring (bicyclic) bond motifs is 1. The Morgan fingerprint density at radius 2 is 1.97 bits per heavy atom. The molecular formula is C29H37N3O3. The Morgan fingerprint density at radius 1 is 1.11 bits per heavy atom. The van der Waals surface area contributed by atoms with Crippen LogP contribution >= 0.6 is 0 Å². The Hall–Kier alpha value is -3.28. The molecule has 0 aliphatic heterocycles. The number of allylic oxidation sites excluding steroid dienone is 1. The van der Waals surface area contributed by atoms with Gasteiger partial charge in [-0.3, -0.25) is 4.79 Å². The number of nitrogens with zero attached hydrogens (tertiary/aromatic N) is 2. The minimum Gasteiger partial charge on any atom is -0.493 e. The van der Waals surface area contributed by atoms with Gasteiger partial charge < -0.3 is 19.4 Å². The van der Waals surface area contributed by atoms with Crippen molar-refractivity contribution >= 4 is 23.0 Å². The molecule has 1 aromatic heterocycles. The predicted molar refractivity (Wildman–Crippen MR) is 141 cm³/mol. The highest BCUT2D eigenvalue weighted by Gasteiger charge is 2.28. The number of nitrogens with one attached hydrogen (secondary N) is 1. The Morgan fingerprint density at radius 3 is 2.77 bits per heavy atom. The van der Waals surface area contributed by atoms with Crippen LogP contribution in [0.1, 0.15) is 56.8 Å². The lowest BCUT2D eigenvalue weighted by atomic mass is 10.2. The average molecular weight is 476 g/mol. The number of hydrogen-bond acceptors (Lipinski definition) is 4. The molecule has 0 unspecified atom stereocenters. The van der Waals surface area contributed by atoms with Crippen molar-refractivity contribution in [2.45, 2.75) is 58.4 Å². The van der Waals surface area contributed by atoms with Gasteiger partial charge in [-0.15, -0.1) is 0 Å². The number of imidazole rings is 1. The highest BCUT2D eigenvalue weighted by atomic mass is 16.5. The number of aryl methyl sites for hydroxylation is 2. The van der Waals surface area contributed by atoms with Crippen LogP contribution in [-0.4, -0.2) is 35.7 Å². The summed E-state index contributed by atoms with van der Waals surface area (Å²) in [5.41, 5.74) is 3.31. The van der Waals surface area contributed by atoms with E-state index < -0.39 is 0 Å². The molecule has 0 atom stereocenters. The number of para-hydroxylation sites is 2. The third kappa shape index (κ3) is 6.87. The van der Waals surface area contributed by atoms with E-state index in [1.807, 2.05) is 43.3 Å². The first-order chi connectivity index (χ1) is 17.2. The Kier molecular flexibility index (Phi) is 8.82. The minimum atomic E-state index is 0.236. The molecular weight excluding hydrogens is 438 g/mol. The largest absolute Gasteiger partial charge is 0.493 e. The quantitative estimate of drug-likeness (QED) is 0.300. The molecule has 1 fully saturated rings. The van der Waals surface area contributed by atoms with Crippen molar-refractivity contribution in [3.8, 4) is 11.5 Å². The number of ether oxygens (including phenoxy) is 2. The summed E-state index contributed by atoms with van der Waals surface area (Å²) in [6, 6.07) is 14.3. The number of methoxy groups -OCH3 is 1. The van der Waals surface area contributed by atoms with Crippen LogP contribution < -0.4 is 14.8 Å². The molecule has 35 heavy (non-hydrogen) atoms. The molecule has 0 radical (unpaired) electrons. The van der Waals surface area contributed by atoms with Crippen molar-refractivity contribution in [2.75, 3.05) is 20.3 Å². The van der Waals surface area contributed by atoms with Crippen molar-refractivity contribution in [1.29, 1.82) is 0 Å². The molecule has 1 aliphatic rings. The Bertz CT molecular complexity index is 1150. The van der Waals surface area contributed by atoms with E-state index in [0.29, 0.717) is 6.61 Å². The maximum Gasteiger partial charge on any atom is 0.223 e. The van der Waals surface area contributed by atoms with Crippen LogP contribution in [0, 0.1) is 5.92 Å². The van der Waals surface area contributed by atoms with Gasteiger partial charge in [0.15, 0.2) is 11.5 Å². The summed E-state index contributed by atoms with van der Waals surface area (Å²) in [6.45, 7) is 4.24. The number of aromatic nitrogens is 2. The zero-order chi connectivity index (χ0) is 24.5. The van der Waals surface area contributed by atoms with Gasteiger partial charge in [0.25, 0.3) is 0 Å². The summed E-state index contributed by atoms with van der Waals surface area (Å²) in [5.74, 6) is 3.17. The van der Waals surface area contributed by atoms with Crippen LogP contribution in [0.2, 0.25) is 0 Å². The van der Waals surface area contributed by atoms with Gasteiger partial charge in [0, 0.05) is 25.4 Å². The highest BCUT2D eigenvalue weighted by Crippen LogP contribution is 2.29. The predicted octanol–water partition coefficient (Wildman–Crippen LogP) is 5.79. The van der Waals surface area contributed by atoms with Gasteiger partial charge in [-0.05, 0) is 68.9 Å². The zero-order valence-corrected chi connectivity index (χ0v) is 21.0. The molecule has 186 valence electrons. The average Bonchev–Trinajstić information content (AvgIpc) is 3.67. The summed E-state index contributed by atoms with van der Waals surface area (Å²) >= 11 is 0. The maximum absolute atomic E-state index is 11.8. The Labute approximate surface area is 208 Å². The number of carbonyl (C=O) groups excluding carboxylic acids is 1. The molecule has 1 N–H and O–H groups in total. The van der Waals surface area contributed by atoms with E-state index in [2.05, 4.69) is 28.1 Å². The number of rotatable bonds is 14. The van der Waals surface area contributed by atoms with Crippen LogP contribution in [0.25, 0.3) is 17.1 Å². The molecule has 6 heteroatoms. The number of unbranched alkanes of at least 4 members (excludes halogenated alkanes) is 2. The first-order valence-corrected chi connectivity index (χ1v) is 12.8. The number of hydrogen-bond donors (Lipinski definition) is 1. The summed E-state index contributed by atoms with van der Waals surface area (Å²) < 4.78 is 13.9. The van der Waals surface area contributed by atoms with E-state index in [0.717, 1.165) is 86.4 Å². The van der Waals surface area contributed by atoms with Crippen LogP contribution in [0.15, 0.2) is 48.5 Å². The second kappa shape index (κ2) is 12.4.